The summed E-state index contributed by atoms with van der Waals surface area (Å²) in [6.07, 6.45) is 4.01. The van der Waals surface area contributed by atoms with Gasteiger partial charge in [-0.1, -0.05) is 18.2 Å². The largest absolute Gasteiger partial charge is 0.497 e. The summed E-state index contributed by atoms with van der Waals surface area (Å²) in [6.45, 7) is 0.475. The highest BCUT2D eigenvalue weighted by Gasteiger charge is 2.25. The van der Waals surface area contributed by atoms with Gasteiger partial charge in [-0.2, -0.15) is 10.4 Å². The van der Waals surface area contributed by atoms with Gasteiger partial charge in [0.25, 0.3) is 5.91 Å². The molecule has 2 heterocycles. The minimum absolute atomic E-state index is 0.204. The summed E-state index contributed by atoms with van der Waals surface area (Å²) >= 11 is 1.29. The van der Waals surface area contributed by atoms with Gasteiger partial charge in [0.2, 0.25) is 0 Å². The standard InChI is InChI=1S/C23H19N5O2S/c1-30-19-10-8-16(9-11-19)21-17(15-28(27-21)13-5-12-24)14-20-22(29)26-23(31-20)25-18-6-3-2-4-7-18/h2-4,6-11,14-15H,5,13H2,1H3,(H,25,26,29). The Balaban J connectivity index is 1.66. The quantitative estimate of drug-likeness (QED) is 0.588. The summed E-state index contributed by atoms with van der Waals surface area (Å²) in [7, 11) is 1.62. The number of amides is 1. The topological polar surface area (TPSA) is 92.3 Å². The Bertz CT molecular complexity index is 1190. The van der Waals surface area contributed by atoms with E-state index in [9.17, 15) is 4.79 Å². The van der Waals surface area contributed by atoms with E-state index in [1.807, 2.05) is 66.9 Å². The lowest BCUT2D eigenvalue weighted by atomic mass is 10.1. The lowest BCUT2D eigenvalue weighted by molar-refractivity contribution is -0.115. The van der Waals surface area contributed by atoms with E-state index >= 15 is 0 Å². The summed E-state index contributed by atoms with van der Waals surface area (Å²) in [6, 6.07) is 19.2. The van der Waals surface area contributed by atoms with Crippen LogP contribution in [0.25, 0.3) is 17.3 Å². The first-order valence-corrected chi connectivity index (χ1v) is 10.4. The van der Waals surface area contributed by atoms with Crippen molar-refractivity contribution in [2.75, 3.05) is 7.11 Å². The molecular weight excluding hydrogens is 410 g/mol. The van der Waals surface area contributed by atoms with Crippen molar-refractivity contribution in [3.8, 4) is 23.1 Å². The molecule has 1 fully saturated rings. The number of hydrogen-bond donors (Lipinski definition) is 1. The van der Waals surface area contributed by atoms with Crippen LogP contribution in [0.4, 0.5) is 5.69 Å². The van der Waals surface area contributed by atoms with Crippen molar-refractivity contribution < 1.29 is 9.53 Å². The molecule has 0 spiro atoms. The normalized spacial score (nSPS) is 15.8. The number of ether oxygens (including phenoxy) is 1. The van der Waals surface area contributed by atoms with E-state index in [-0.39, 0.29) is 5.91 Å². The minimum Gasteiger partial charge on any atom is -0.497 e. The monoisotopic (exact) mass is 429 g/mol. The van der Waals surface area contributed by atoms with E-state index in [0.717, 1.165) is 28.3 Å². The maximum Gasteiger partial charge on any atom is 0.264 e. The minimum atomic E-state index is -0.204. The zero-order chi connectivity index (χ0) is 21.6. The number of hydrogen-bond acceptors (Lipinski definition) is 6. The second-order valence-corrected chi connectivity index (χ2v) is 7.68. The van der Waals surface area contributed by atoms with Crippen LogP contribution in [-0.4, -0.2) is 28.0 Å². The summed E-state index contributed by atoms with van der Waals surface area (Å²) < 4.78 is 6.96. The fraction of sp³-hybridized carbons (Fsp3) is 0.130. The Labute approximate surface area is 184 Å². The van der Waals surface area contributed by atoms with Crippen LogP contribution in [0, 0.1) is 11.3 Å². The lowest BCUT2D eigenvalue weighted by Crippen LogP contribution is -2.19. The van der Waals surface area contributed by atoms with Gasteiger partial charge in [-0.05, 0) is 54.2 Å². The van der Waals surface area contributed by atoms with E-state index in [0.29, 0.717) is 23.0 Å². The number of methoxy groups -OCH3 is 1. The maximum absolute atomic E-state index is 12.5. The molecular formula is C23H19N5O2S. The van der Waals surface area contributed by atoms with Gasteiger partial charge in [-0.3, -0.25) is 9.48 Å². The lowest BCUT2D eigenvalue weighted by Gasteiger charge is -2.02. The van der Waals surface area contributed by atoms with Gasteiger partial charge in [0.15, 0.2) is 5.17 Å². The molecule has 0 unspecified atom stereocenters. The van der Waals surface area contributed by atoms with Gasteiger partial charge in [0.05, 0.1) is 42.4 Å². The Hall–Kier alpha value is -3.83. The third-order valence-electron chi connectivity index (χ3n) is 4.53. The number of aryl methyl sites for hydroxylation is 1. The molecule has 1 amide bonds. The number of nitrogens with zero attached hydrogens (tertiary/aromatic N) is 4. The highest BCUT2D eigenvalue weighted by Crippen LogP contribution is 2.31. The second-order valence-electron chi connectivity index (χ2n) is 6.65. The van der Waals surface area contributed by atoms with Crippen molar-refractivity contribution in [3.05, 3.63) is 71.3 Å². The first-order valence-electron chi connectivity index (χ1n) is 9.60. The van der Waals surface area contributed by atoms with E-state index in [4.69, 9.17) is 10.00 Å². The van der Waals surface area contributed by atoms with Crippen LogP contribution in [0.15, 0.2) is 70.7 Å². The van der Waals surface area contributed by atoms with Crippen molar-refractivity contribution >= 4 is 34.6 Å². The molecule has 8 heteroatoms. The van der Waals surface area contributed by atoms with Crippen molar-refractivity contribution in [2.24, 2.45) is 4.99 Å². The fourth-order valence-electron chi connectivity index (χ4n) is 3.04. The highest BCUT2D eigenvalue weighted by molar-refractivity contribution is 8.18. The summed E-state index contributed by atoms with van der Waals surface area (Å²) in [5, 5.41) is 16.9. The van der Waals surface area contributed by atoms with Crippen LogP contribution in [0.2, 0.25) is 0 Å². The van der Waals surface area contributed by atoms with Crippen LogP contribution >= 0.6 is 11.8 Å². The number of thioether (sulfide) groups is 1. The van der Waals surface area contributed by atoms with Crippen molar-refractivity contribution in [2.45, 2.75) is 13.0 Å². The zero-order valence-electron chi connectivity index (χ0n) is 16.8. The average Bonchev–Trinajstić information content (AvgIpc) is 3.36. The molecule has 154 valence electrons. The smallest absolute Gasteiger partial charge is 0.264 e. The summed E-state index contributed by atoms with van der Waals surface area (Å²) in [5.41, 5.74) is 3.19. The van der Waals surface area contributed by atoms with Crippen molar-refractivity contribution in [1.82, 2.24) is 15.1 Å². The van der Waals surface area contributed by atoms with Gasteiger partial charge in [0, 0.05) is 17.3 Å². The number of nitriles is 1. The van der Waals surface area contributed by atoms with E-state index in [1.54, 1.807) is 11.8 Å². The molecule has 0 bridgehead atoms. The molecule has 0 saturated carbocycles. The van der Waals surface area contributed by atoms with Gasteiger partial charge in [-0.15, -0.1) is 0 Å². The van der Waals surface area contributed by atoms with Crippen LogP contribution in [0.5, 0.6) is 5.75 Å². The molecule has 0 aliphatic carbocycles. The molecule has 0 radical (unpaired) electrons. The number of aliphatic imine (C=N–C) groups is 1. The third-order valence-corrected chi connectivity index (χ3v) is 5.44. The molecule has 1 N–H and O–H groups in total. The van der Waals surface area contributed by atoms with Gasteiger partial charge < -0.3 is 10.1 Å². The Kier molecular flexibility index (Phi) is 6.15. The Morgan fingerprint density at radius 2 is 2.00 bits per heavy atom. The predicted octanol–water partition coefficient (Wildman–Crippen LogP) is 4.36. The van der Waals surface area contributed by atoms with Crippen molar-refractivity contribution in [1.29, 1.82) is 5.26 Å². The zero-order valence-corrected chi connectivity index (χ0v) is 17.6. The Morgan fingerprint density at radius 1 is 1.23 bits per heavy atom. The first-order chi connectivity index (χ1) is 15.2. The Morgan fingerprint density at radius 3 is 2.71 bits per heavy atom. The fourth-order valence-corrected chi connectivity index (χ4v) is 3.87. The highest BCUT2D eigenvalue weighted by atomic mass is 32.2. The molecule has 1 aromatic heterocycles. The summed E-state index contributed by atoms with van der Waals surface area (Å²) in [4.78, 5) is 17.5. The summed E-state index contributed by atoms with van der Waals surface area (Å²) in [5.74, 6) is 0.546. The van der Waals surface area contributed by atoms with Crippen LogP contribution in [-0.2, 0) is 11.3 Å². The SMILES string of the molecule is COc1ccc(-c2nn(CCC#N)cc2C=C2SC(=Nc3ccccc3)NC2=O)cc1. The molecule has 1 aliphatic rings. The number of nitrogens with one attached hydrogen (secondary N) is 1. The van der Waals surface area contributed by atoms with Crippen molar-refractivity contribution in [3.63, 3.8) is 0 Å². The molecule has 1 saturated heterocycles. The number of rotatable bonds is 6. The number of benzene rings is 2. The third kappa shape index (κ3) is 4.85. The first kappa shape index (κ1) is 20.4. The van der Waals surface area contributed by atoms with Gasteiger partial charge in [-0.25, -0.2) is 4.99 Å². The van der Waals surface area contributed by atoms with Crippen LogP contribution in [0.1, 0.15) is 12.0 Å². The number of amidine groups is 1. The van der Waals surface area contributed by atoms with Crippen LogP contribution < -0.4 is 10.1 Å². The molecule has 7 nitrogen and oxygen atoms in total. The van der Waals surface area contributed by atoms with Gasteiger partial charge in [0.1, 0.15) is 5.75 Å². The van der Waals surface area contributed by atoms with Crippen LogP contribution in [0.3, 0.4) is 0 Å². The molecule has 2 aromatic carbocycles. The molecule has 4 rings (SSSR count). The second kappa shape index (κ2) is 9.32. The average molecular weight is 430 g/mol. The predicted molar refractivity (Wildman–Crippen MR) is 122 cm³/mol. The van der Waals surface area contributed by atoms with Gasteiger partial charge >= 0.3 is 0 Å². The number of para-hydroxylation sites is 1. The van der Waals surface area contributed by atoms with E-state index in [1.165, 1.54) is 11.8 Å². The van der Waals surface area contributed by atoms with E-state index in [2.05, 4.69) is 21.5 Å². The number of aromatic nitrogens is 2. The molecule has 0 atom stereocenters. The number of carbonyl (C=O) groups is 1. The molecule has 3 aromatic rings. The maximum atomic E-state index is 12.5. The molecule has 31 heavy (non-hydrogen) atoms. The van der Waals surface area contributed by atoms with E-state index < -0.39 is 0 Å². The molecule has 1 aliphatic heterocycles. The number of carbonyl (C=O) groups excluding carboxylic acids is 1.